The number of nitrogens with one attached hydrogen (secondary N) is 1. The van der Waals surface area contributed by atoms with E-state index in [-0.39, 0.29) is 12.5 Å². The number of rotatable bonds is 5. The van der Waals surface area contributed by atoms with Crippen LogP contribution in [0.25, 0.3) is 0 Å². The van der Waals surface area contributed by atoms with Gasteiger partial charge in [-0.2, -0.15) is 0 Å². The van der Waals surface area contributed by atoms with Crippen LogP contribution in [0.5, 0.6) is 11.5 Å². The predicted molar refractivity (Wildman–Crippen MR) is 105 cm³/mol. The fraction of sp³-hybridized carbons (Fsp3) is 0.300. The standard InChI is InChI=1S/C20H21ClN2O4/c1-13(16-4-6-17(7-5-16)22-14(2)24)23-27-12-15-10-18(21)20-19(11-15)25-8-3-9-26-20/h4-7,10-11H,3,8-9,12H2,1-2H3,(H,22,24)/b23-13+. The third-order valence-corrected chi connectivity index (χ3v) is 4.20. The lowest BCUT2D eigenvalue weighted by Gasteiger charge is -2.11. The topological polar surface area (TPSA) is 69.2 Å². The highest BCUT2D eigenvalue weighted by Crippen LogP contribution is 2.38. The normalized spacial score (nSPS) is 13.7. The Balaban J connectivity index is 1.63. The van der Waals surface area contributed by atoms with Crippen LogP contribution in [0.2, 0.25) is 5.02 Å². The minimum Gasteiger partial charge on any atom is -0.489 e. The Morgan fingerprint density at radius 3 is 2.67 bits per heavy atom. The van der Waals surface area contributed by atoms with Crippen molar-refractivity contribution in [1.29, 1.82) is 0 Å². The summed E-state index contributed by atoms with van der Waals surface area (Å²) in [7, 11) is 0. The molecule has 2 aromatic carbocycles. The van der Waals surface area contributed by atoms with E-state index in [1.807, 2.05) is 37.3 Å². The summed E-state index contributed by atoms with van der Waals surface area (Å²) in [5, 5.41) is 7.38. The zero-order valence-electron chi connectivity index (χ0n) is 15.3. The summed E-state index contributed by atoms with van der Waals surface area (Å²) < 4.78 is 11.3. The molecule has 0 spiro atoms. The van der Waals surface area contributed by atoms with Gasteiger partial charge in [0.25, 0.3) is 0 Å². The summed E-state index contributed by atoms with van der Waals surface area (Å²) in [6.45, 7) is 4.78. The number of hydrogen-bond acceptors (Lipinski definition) is 5. The van der Waals surface area contributed by atoms with Crippen LogP contribution in [-0.4, -0.2) is 24.8 Å². The lowest BCUT2D eigenvalue weighted by atomic mass is 10.1. The molecule has 0 saturated carbocycles. The second-order valence-electron chi connectivity index (χ2n) is 6.16. The van der Waals surface area contributed by atoms with E-state index in [0.29, 0.717) is 29.7 Å². The summed E-state index contributed by atoms with van der Waals surface area (Å²) in [5.41, 5.74) is 3.22. The highest BCUT2D eigenvalue weighted by molar-refractivity contribution is 6.32. The van der Waals surface area contributed by atoms with Crippen LogP contribution in [0.3, 0.4) is 0 Å². The van der Waals surface area contributed by atoms with Gasteiger partial charge in [0.05, 0.1) is 23.9 Å². The molecule has 1 aliphatic rings. The second kappa shape index (κ2) is 8.77. The SMILES string of the molecule is CC(=O)Nc1ccc(/C(C)=N/OCc2cc(Cl)c3c(c2)OCCCO3)cc1. The molecule has 0 aliphatic carbocycles. The molecule has 0 saturated heterocycles. The van der Waals surface area contributed by atoms with E-state index in [9.17, 15) is 4.79 Å². The third kappa shape index (κ3) is 5.14. The van der Waals surface area contributed by atoms with E-state index in [1.165, 1.54) is 6.92 Å². The molecule has 1 aliphatic heterocycles. The predicted octanol–water partition coefficient (Wildman–Crippen LogP) is 4.40. The van der Waals surface area contributed by atoms with Crippen molar-refractivity contribution in [2.45, 2.75) is 26.9 Å². The van der Waals surface area contributed by atoms with Gasteiger partial charge in [0, 0.05) is 19.0 Å². The Labute approximate surface area is 163 Å². The number of halogens is 1. The molecule has 0 fully saturated rings. The molecule has 0 aromatic heterocycles. The lowest BCUT2D eigenvalue weighted by Crippen LogP contribution is -2.06. The Kier molecular flexibility index (Phi) is 6.19. The van der Waals surface area contributed by atoms with E-state index in [1.54, 1.807) is 6.07 Å². The third-order valence-electron chi connectivity index (χ3n) is 3.92. The van der Waals surface area contributed by atoms with Crippen molar-refractivity contribution in [1.82, 2.24) is 0 Å². The Bertz CT molecular complexity index is 850. The molecular formula is C20H21ClN2O4. The van der Waals surface area contributed by atoms with Crippen LogP contribution < -0.4 is 14.8 Å². The zero-order valence-corrected chi connectivity index (χ0v) is 16.0. The first kappa shape index (κ1) is 19.0. The zero-order chi connectivity index (χ0) is 19.2. The van der Waals surface area contributed by atoms with Crippen molar-refractivity contribution in [3.05, 3.63) is 52.5 Å². The number of hydrogen-bond donors (Lipinski definition) is 1. The molecule has 2 aromatic rings. The van der Waals surface area contributed by atoms with Gasteiger partial charge in [-0.1, -0.05) is 28.9 Å². The molecule has 0 radical (unpaired) electrons. The van der Waals surface area contributed by atoms with Gasteiger partial charge in [-0.3, -0.25) is 4.79 Å². The Morgan fingerprint density at radius 1 is 1.19 bits per heavy atom. The lowest BCUT2D eigenvalue weighted by molar-refractivity contribution is -0.114. The Morgan fingerprint density at radius 2 is 1.93 bits per heavy atom. The second-order valence-corrected chi connectivity index (χ2v) is 6.57. The van der Waals surface area contributed by atoms with Crippen molar-refractivity contribution in [3.8, 4) is 11.5 Å². The smallest absolute Gasteiger partial charge is 0.221 e. The summed E-state index contributed by atoms with van der Waals surface area (Å²) in [6, 6.07) is 11.0. The van der Waals surface area contributed by atoms with Gasteiger partial charge in [0.2, 0.25) is 5.91 Å². The maximum Gasteiger partial charge on any atom is 0.221 e. The Hall–Kier alpha value is -2.73. The van der Waals surface area contributed by atoms with Crippen LogP contribution >= 0.6 is 11.6 Å². The quantitative estimate of drug-likeness (QED) is 0.608. The first-order valence-electron chi connectivity index (χ1n) is 8.65. The molecule has 7 heteroatoms. The molecular weight excluding hydrogens is 368 g/mol. The number of benzene rings is 2. The maximum atomic E-state index is 11.1. The van der Waals surface area contributed by atoms with Crippen molar-refractivity contribution >= 4 is 28.9 Å². The van der Waals surface area contributed by atoms with Crippen molar-refractivity contribution in [2.24, 2.45) is 5.16 Å². The van der Waals surface area contributed by atoms with Crippen LogP contribution in [0.1, 0.15) is 31.4 Å². The number of carbonyl (C=O) groups is 1. The van der Waals surface area contributed by atoms with Gasteiger partial charge in [-0.15, -0.1) is 0 Å². The number of oxime groups is 1. The summed E-state index contributed by atoms with van der Waals surface area (Å²) in [5.74, 6) is 1.11. The molecule has 0 bridgehead atoms. The van der Waals surface area contributed by atoms with Gasteiger partial charge in [0.1, 0.15) is 6.61 Å². The number of carbonyl (C=O) groups excluding carboxylic acids is 1. The first-order valence-corrected chi connectivity index (χ1v) is 9.03. The monoisotopic (exact) mass is 388 g/mol. The number of anilines is 1. The van der Waals surface area contributed by atoms with E-state index >= 15 is 0 Å². The summed E-state index contributed by atoms with van der Waals surface area (Å²) in [4.78, 5) is 16.5. The fourth-order valence-corrected chi connectivity index (χ4v) is 2.91. The van der Waals surface area contributed by atoms with Crippen LogP contribution in [0.4, 0.5) is 5.69 Å². The largest absolute Gasteiger partial charge is 0.489 e. The van der Waals surface area contributed by atoms with Gasteiger partial charge >= 0.3 is 0 Å². The molecule has 27 heavy (non-hydrogen) atoms. The molecule has 6 nitrogen and oxygen atoms in total. The first-order chi connectivity index (χ1) is 13.0. The van der Waals surface area contributed by atoms with Crippen LogP contribution in [0.15, 0.2) is 41.6 Å². The molecule has 0 unspecified atom stereocenters. The van der Waals surface area contributed by atoms with Crippen molar-refractivity contribution in [2.75, 3.05) is 18.5 Å². The molecule has 142 valence electrons. The van der Waals surface area contributed by atoms with E-state index in [4.69, 9.17) is 25.9 Å². The minimum atomic E-state index is -0.106. The fourth-order valence-electron chi connectivity index (χ4n) is 2.62. The molecule has 1 heterocycles. The average molecular weight is 389 g/mol. The molecule has 1 N–H and O–H groups in total. The van der Waals surface area contributed by atoms with Gasteiger partial charge < -0.3 is 19.6 Å². The van der Waals surface area contributed by atoms with E-state index < -0.39 is 0 Å². The highest BCUT2D eigenvalue weighted by atomic mass is 35.5. The van der Waals surface area contributed by atoms with Crippen LogP contribution in [-0.2, 0) is 16.2 Å². The number of ether oxygens (including phenoxy) is 2. The molecule has 3 rings (SSSR count). The van der Waals surface area contributed by atoms with Gasteiger partial charge in [-0.25, -0.2) is 0 Å². The van der Waals surface area contributed by atoms with E-state index in [0.717, 1.165) is 28.9 Å². The maximum absolute atomic E-state index is 11.1. The van der Waals surface area contributed by atoms with Crippen molar-refractivity contribution < 1.29 is 19.1 Å². The van der Waals surface area contributed by atoms with Crippen molar-refractivity contribution in [3.63, 3.8) is 0 Å². The van der Waals surface area contributed by atoms with Crippen LogP contribution in [0, 0.1) is 0 Å². The summed E-state index contributed by atoms with van der Waals surface area (Å²) in [6.07, 6.45) is 0.820. The minimum absolute atomic E-state index is 0.106. The summed E-state index contributed by atoms with van der Waals surface area (Å²) >= 11 is 6.28. The highest BCUT2D eigenvalue weighted by Gasteiger charge is 2.15. The average Bonchev–Trinajstić information content (AvgIpc) is 2.87. The molecule has 0 atom stereocenters. The number of amides is 1. The van der Waals surface area contributed by atoms with Gasteiger partial charge in [-0.05, 0) is 42.3 Å². The number of fused-ring (bicyclic) bond motifs is 1. The van der Waals surface area contributed by atoms with Gasteiger partial charge in [0.15, 0.2) is 11.5 Å². The number of nitrogens with zero attached hydrogens (tertiary/aromatic N) is 1. The van der Waals surface area contributed by atoms with E-state index in [2.05, 4.69) is 10.5 Å². The molecule has 1 amide bonds.